The Hall–Kier alpha value is -2.23. The molecule has 0 unspecified atom stereocenters. The van der Waals surface area contributed by atoms with Gasteiger partial charge in [0.2, 0.25) is 0 Å². The molecule has 84 valence electrons. The van der Waals surface area contributed by atoms with E-state index in [2.05, 4.69) is 4.98 Å². The van der Waals surface area contributed by atoms with E-state index >= 15 is 0 Å². The summed E-state index contributed by atoms with van der Waals surface area (Å²) in [4.78, 5) is 13.7. The van der Waals surface area contributed by atoms with Gasteiger partial charge in [-0.05, 0) is 6.07 Å². The zero-order valence-electron chi connectivity index (χ0n) is 7.81. The van der Waals surface area contributed by atoms with E-state index < -0.39 is 35.8 Å². The average Bonchev–Trinajstić information content (AvgIpc) is 2.19. The summed E-state index contributed by atoms with van der Waals surface area (Å²) in [7, 11) is 0. The van der Waals surface area contributed by atoms with Crippen molar-refractivity contribution in [2.24, 2.45) is 0 Å². The van der Waals surface area contributed by atoms with Gasteiger partial charge >= 0.3 is 5.97 Å². The maximum atomic E-state index is 12.4. The van der Waals surface area contributed by atoms with Crippen LogP contribution in [0.4, 0.5) is 8.78 Å². The number of hydrogen-bond acceptors (Lipinski definition) is 4. The van der Waals surface area contributed by atoms with Gasteiger partial charge in [-0.2, -0.15) is 5.26 Å². The van der Waals surface area contributed by atoms with Crippen molar-refractivity contribution in [3.63, 3.8) is 0 Å². The van der Waals surface area contributed by atoms with E-state index in [-0.39, 0.29) is 5.69 Å². The number of rotatable bonds is 3. The number of halogens is 2. The Balaban J connectivity index is 3.29. The molecule has 0 radical (unpaired) electrons. The minimum atomic E-state index is -3.07. The second-order valence-electron chi connectivity index (χ2n) is 2.88. The average molecular weight is 228 g/mol. The van der Waals surface area contributed by atoms with Gasteiger partial charge in [-0.15, -0.1) is 0 Å². The molecular formula is C9H6F2N2O3. The summed E-state index contributed by atoms with van der Waals surface area (Å²) < 4.78 is 24.8. The molecule has 0 spiro atoms. The molecule has 0 aliphatic heterocycles. The van der Waals surface area contributed by atoms with Crippen molar-refractivity contribution < 1.29 is 23.8 Å². The predicted octanol–water partition coefficient (Wildman–Crippen LogP) is 1.22. The molecule has 0 fully saturated rings. The third kappa shape index (κ3) is 2.42. The molecule has 1 heterocycles. The lowest BCUT2D eigenvalue weighted by atomic mass is 10.1. The van der Waals surface area contributed by atoms with Crippen LogP contribution in [0.15, 0.2) is 6.07 Å². The molecule has 5 nitrogen and oxygen atoms in total. The van der Waals surface area contributed by atoms with Crippen molar-refractivity contribution >= 4 is 5.97 Å². The summed E-state index contributed by atoms with van der Waals surface area (Å²) in [5.41, 5.74) is -1.59. The minimum Gasteiger partial charge on any atom is -0.505 e. The summed E-state index contributed by atoms with van der Waals surface area (Å²) in [5.74, 6) is -2.17. The Morgan fingerprint density at radius 3 is 2.69 bits per heavy atom. The van der Waals surface area contributed by atoms with E-state index in [9.17, 15) is 18.7 Å². The molecule has 0 atom stereocenters. The Labute approximate surface area is 88.6 Å². The van der Waals surface area contributed by atoms with Crippen molar-refractivity contribution in [2.45, 2.75) is 12.8 Å². The molecule has 0 saturated heterocycles. The molecule has 0 saturated carbocycles. The van der Waals surface area contributed by atoms with Crippen LogP contribution in [0.5, 0.6) is 5.75 Å². The van der Waals surface area contributed by atoms with Gasteiger partial charge in [-0.25, -0.2) is 13.8 Å². The van der Waals surface area contributed by atoms with Gasteiger partial charge in [0.05, 0.1) is 17.7 Å². The van der Waals surface area contributed by atoms with Crippen LogP contribution in [0.2, 0.25) is 0 Å². The standard InChI is InChI=1S/C9H6F2N2O3/c10-9(11)7-8(16)4(3-12)1-5(13-7)2-6(14)15/h1,9,16H,2H2,(H,14,15). The molecule has 1 aromatic heterocycles. The van der Waals surface area contributed by atoms with Crippen LogP contribution in [0, 0.1) is 11.3 Å². The molecule has 0 aliphatic rings. The summed E-state index contributed by atoms with van der Waals surface area (Å²) in [5, 5.41) is 26.2. The summed E-state index contributed by atoms with van der Waals surface area (Å²) >= 11 is 0. The number of hydrogen-bond donors (Lipinski definition) is 2. The van der Waals surface area contributed by atoms with Gasteiger partial charge in [0.1, 0.15) is 11.8 Å². The molecule has 0 aliphatic carbocycles. The largest absolute Gasteiger partial charge is 0.505 e. The predicted molar refractivity (Wildman–Crippen MR) is 46.9 cm³/mol. The molecular weight excluding hydrogens is 222 g/mol. The molecule has 2 N–H and O–H groups in total. The van der Waals surface area contributed by atoms with Gasteiger partial charge in [-0.3, -0.25) is 4.79 Å². The van der Waals surface area contributed by atoms with Gasteiger partial charge < -0.3 is 10.2 Å². The van der Waals surface area contributed by atoms with Crippen LogP contribution < -0.4 is 0 Å². The highest BCUT2D eigenvalue weighted by atomic mass is 19.3. The summed E-state index contributed by atoms with van der Waals surface area (Å²) in [6.45, 7) is 0. The maximum Gasteiger partial charge on any atom is 0.309 e. The number of nitriles is 1. The van der Waals surface area contributed by atoms with Crippen LogP contribution in [0.3, 0.4) is 0 Å². The Kier molecular flexibility index (Phi) is 3.35. The fourth-order valence-electron chi connectivity index (χ4n) is 1.10. The van der Waals surface area contributed by atoms with Crippen molar-refractivity contribution in [3.05, 3.63) is 23.0 Å². The number of pyridine rings is 1. The van der Waals surface area contributed by atoms with E-state index in [4.69, 9.17) is 10.4 Å². The number of aliphatic carboxylic acids is 1. The first kappa shape index (κ1) is 11.8. The second kappa shape index (κ2) is 4.53. The number of aromatic nitrogens is 1. The molecule has 0 amide bonds. The third-order valence-electron chi connectivity index (χ3n) is 1.73. The first-order chi connectivity index (χ1) is 7.45. The lowest BCUT2D eigenvalue weighted by molar-refractivity contribution is -0.136. The lowest BCUT2D eigenvalue weighted by Gasteiger charge is -2.06. The molecule has 1 aromatic rings. The van der Waals surface area contributed by atoms with Crippen LogP contribution >= 0.6 is 0 Å². The molecule has 0 aromatic carbocycles. The number of alkyl halides is 2. The highest BCUT2D eigenvalue weighted by molar-refractivity contribution is 5.70. The zero-order chi connectivity index (χ0) is 12.3. The summed E-state index contributed by atoms with van der Waals surface area (Å²) in [6.07, 6.45) is -3.66. The number of nitrogens with zero attached hydrogens (tertiary/aromatic N) is 2. The number of carboxylic acid groups (broad SMARTS) is 1. The van der Waals surface area contributed by atoms with Crippen LogP contribution in [-0.4, -0.2) is 21.2 Å². The van der Waals surface area contributed by atoms with Crippen molar-refractivity contribution in [1.82, 2.24) is 4.98 Å². The van der Waals surface area contributed by atoms with E-state index in [1.807, 2.05) is 0 Å². The van der Waals surface area contributed by atoms with E-state index in [1.165, 1.54) is 6.07 Å². The van der Waals surface area contributed by atoms with Crippen LogP contribution in [-0.2, 0) is 11.2 Å². The van der Waals surface area contributed by atoms with Crippen LogP contribution in [0.1, 0.15) is 23.4 Å². The molecule has 1 rings (SSSR count). The fourth-order valence-corrected chi connectivity index (χ4v) is 1.10. The highest BCUT2D eigenvalue weighted by Crippen LogP contribution is 2.29. The lowest BCUT2D eigenvalue weighted by Crippen LogP contribution is -2.05. The first-order valence-corrected chi connectivity index (χ1v) is 4.08. The highest BCUT2D eigenvalue weighted by Gasteiger charge is 2.20. The SMILES string of the molecule is N#Cc1cc(CC(=O)O)nc(C(F)F)c1O. The smallest absolute Gasteiger partial charge is 0.309 e. The van der Waals surface area contributed by atoms with Crippen molar-refractivity contribution in [2.75, 3.05) is 0 Å². The molecule has 16 heavy (non-hydrogen) atoms. The third-order valence-corrected chi connectivity index (χ3v) is 1.73. The van der Waals surface area contributed by atoms with Crippen molar-refractivity contribution in [3.8, 4) is 11.8 Å². The normalized spacial score (nSPS) is 10.1. The molecule has 7 heteroatoms. The first-order valence-electron chi connectivity index (χ1n) is 4.08. The maximum absolute atomic E-state index is 12.4. The van der Waals surface area contributed by atoms with E-state index in [1.54, 1.807) is 0 Å². The summed E-state index contributed by atoms with van der Waals surface area (Å²) in [6, 6.07) is 2.46. The second-order valence-corrected chi connectivity index (χ2v) is 2.88. The monoisotopic (exact) mass is 228 g/mol. The minimum absolute atomic E-state index is 0.197. The quantitative estimate of drug-likeness (QED) is 0.811. The molecule has 0 bridgehead atoms. The van der Waals surface area contributed by atoms with Gasteiger partial charge in [0, 0.05) is 0 Å². The number of aromatic hydroxyl groups is 1. The van der Waals surface area contributed by atoms with Gasteiger partial charge in [0.25, 0.3) is 6.43 Å². The Bertz CT molecular complexity index is 469. The fraction of sp³-hybridized carbons (Fsp3) is 0.222. The van der Waals surface area contributed by atoms with Crippen LogP contribution in [0.25, 0.3) is 0 Å². The van der Waals surface area contributed by atoms with Gasteiger partial charge in [-0.1, -0.05) is 0 Å². The van der Waals surface area contributed by atoms with E-state index in [0.29, 0.717) is 0 Å². The number of carbonyl (C=O) groups is 1. The Morgan fingerprint density at radius 2 is 2.25 bits per heavy atom. The topological polar surface area (TPSA) is 94.2 Å². The van der Waals surface area contributed by atoms with E-state index in [0.717, 1.165) is 6.07 Å². The zero-order valence-corrected chi connectivity index (χ0v) is 7.81. The number of carboxylic acids is 1. The van der Waals surface area contributed by atoms with Crippen molar-refractivity contribution in [1.29, 1.82) is 5.26 Å². The van der Waals surface area contributed by atoms with Gasteiger partial charge in [0.15, 0.2) is 5.75 Å². The Morgan fingerprint density at radius 1 is 1.62 bits per heavy atom.